The van der Waals surface area contributed by atoms with Crippen LogP contribution < -0.4 is 4.74 Å². The van der Waals surface area contributed by atoms with Crippen molar-refractivity contribution in [2.75, 3.05) is 0 Å². The molecule has 0 spiro atoms. The van der Waals surface area contributed by atoms with Gasteiger partial charge in [0.15, 0.2) is 0 Å². The molecule has 1 rings (SSSR count). The van der Waals surface area contributed by atoms with Crippen molar-refractivity contribution >= 4 is 42.9 Å². The van der Waals surface area contributed by atoms with Gasteiger partial charge in [0.05, 0.1) is 10.0 Å². The molecule has 0 amide bonds. The number of halogens is 5. The Morgan fingerprint density at radius 2 is 1.81 bits per heavy atom. The van der Waals surface area contributed by atoms with E-state index in [2.05, 4.69) is 4.74 Å². The van der Waals surface area contributed by atoms with E-state index in [-0.39, 0.29) is 5.02 Å². The lowest BCUT2D eigenvalue weighted by Crippen LogP contribution is -2.06. The van der Waals surface area contributed by atoms with Gasteiger partial charge in [-0.3, -0.25) is 0 Å². The zero-order valence-corrected chi connectivity index (χ0v) is 10.3. The van der Waals surface area contributed by atoms with E-state index in [1.807, 2.05) is 0 Å². The summed E-state index contributed by atoms with van der Waals surface area (Å²) in [7, 11) is 0.694. The van der Waals surface area contributed by atoms with Crippen LogP contribution in [0, 0.1) is 0 Å². The second-order valence-corrected chi connectivity index (χ2v) is 5.79. The Labute approximate surface area is 104 Å². The lowest BCUT2D eigenvalue weighted by molar-refractivity contribution is -0.0517. The number of hydrogen-bond acceptors (Lipinski definition) is 3. The Balaban J connectivity index is 3.46. The normalized spacial score (nSPS) is 11.9. The number of alkyl halides is 2. The molecule has 9 heteroatoms. The molecule has 16 heavy (non-hydrogen) atoms. The molecule has 0 aliphatic rings. The van der Waals surface area contributed by atoms with Crippen molar-refractivity contribution in [1.82, 2.24) is 0 Å². The predicted molar refractivity (Wildman–Crippen MR) is 56.1 cm³/mol. The minimum Gasteiger partial charge on any atom is -0.433 e. The van der Waals surface area contributed by atoms with E-state index < -0.39 is 31.3 Å². The number of benzene rings is 1. The Bertz CT molecular complexity index is 504. The molecule has 0 aromatic heterocycles. The topological polar surface area (TPSA) is 43.4 Å². The Morgan fingerprint density at radius 3 is 2.25 bits per heavy atom. The average Bonchev–Trinajstić information content (AvgIpc) is 2.08. The van der Waals surface area contributed by atoms with Gasteiger partial charge < -0.3 is 4.74 Å². The smallest absolute Gasteiger partial charge is 0.387 e. The predicted octanol–water partition coefficient (Wildman–Crippen LogP) is 3.52. The van der Waals surface area contributed by atoms with Gasteiger partial charge in [-0.2, -0.15) is 8.78 Å². The second-order valence-electron chi connectivity index (χ2n) is 2.50. The fourth-order valence-corrected chi connectivity index (χ4v) is 2.86. The quantitative estimate of drug-likeness (QED) is 0.802. The third-order valence-electron chi connectivity index (χ3n) is 1.47. The average molecular weight is 312 g/mol. The summed E-state index contributed by atoms with van der Waals surface area (Å²) in [6.45, 7) is -3.20. The maximum atomic E-state index is 12.0. The van der Waals surface area contributed by atoms with Crippen LogP contribution in [0.15, 0.2) is 17.0 Å². The Kier molecular flexibility index (Phi) is 4.23. The van der Waals surface area contributed by atoms with Crippen molar-refractivity contribution in [1.29, 1.82) is 0 Å². The summed E-state index contributed by atoms with van der Waals surface area (Å²) >= 11 is 11.1. The molecule has 90 valence electrons. The highest BCUT2D eigenvalue weighted by Gasteiger charge is 2.24. The Hall–Kier alpha value is -0.300. The van der Waals surface area contributed by atoms with E-state index in [4.69, 9.17) is 33.9 Å². The molecule has 1 aromatic rings. The van der Waals surface area contributed by atoms with E-state index in [1.54, 1.807) is 0 Å². The first-order valence-electron chi connectivity index (χ1n) is 3.61. The molecule has 0 heterocycles. The summed E-state index contributed by atoms with van der Waals surface area (Å²) in [5, 5.41) is -0.600. The molecule has 0 aliphatic heterocycles. The molecule has 0 saturated carbocycles. The number of rotatable bonds is 3. The van der Waals surface area contributed by atoms with Gasteiger partial charge in [0.25, 0.3) is 9.05 Å². The highest BCUT2D eigenvalue weighted by molar-refractivity contribution is 8.14. The molecule has 0 bridgehead atoms. The standard InChI is InChI=1S/C7H3Cl3F2O3S/c8-3-1-2-4(15-7(11)12)6(5(3)9)16(10,13)14/h1-2,7H. The maximum absolute atomic E-state index is 12.0. The van der Waals surface area contributed by atoms with Gasteiger partial charge in [0.2, 0.25) is 0 Å². The molecule has 0 unspecified atom stereocenters. The minimum absolute atomic E-state index is 0.137. The first-order valence-corrected chi connectivity index (χ1v) is 6.67. The molecular formula is C7H3Cl3F2O3S. The van der Waals surface area contributed by atoms with Crippen LogP contribution in [-0.2, 0) is 9.05 Å². The van der Waals surface area contributed by atoms with Gasteiger partial charge in [-0.25, -0.2) is 8.42 Å². The molecule has 0 radical (unpaired) electrons. The fraction of sp³-hybridized carbons (Fsp3) is 0.143. The first kappa shape index (κ1) is 13.8. The van der Waals surface area contributed by atoms with Gasteiger partial charge in [0, 0.05) is 10.7 Å². The van der Waals surface area contributed by atoms with Crippen LogP contribution in [-0.4, -0.2) is 15.0 Å². The lowest BCUT2D eigenvalue weighted by Gasteiger charge is -2.10. The SMILES string of the molecule is O=S(=O)(Cl)c1c(OC(F)F)ccc(Cl)c1Cl. The fourth-order valence-electron chi connectivity index (χ4n) is 0.930. The molecular weight excluding hydrogens is 308 g/mol. The van der Waals surface area contributed by atoms with Crippen LogP contribution in [0.5, 0.6) is 5.75 Å². The zero-order valence-electron chi connectivity index (χ0n) is 7.25. The summed E-state index contributed by atoms with van der Waals surface area (Å²) in [5.41, 5.74) is 0. The van der Waals surface area contributed by atoms with Crippen LogP contribution in [0.25, 0.3) is 0 Å². The van der Waals surface area contributed by atoms with E-state index in [0.717, 1.165) is 12.1 Å². The van der Waals surface area contributed by atoms with E-state index in [1.165, 1.54) is 0 Å². The molecule has 0 fully saturated rings. The third kappa shape index (κ3) is 3.10. The minimum atomic E-state index is -4.33. The number of ether oxygens (including phenoxy) is 1. The van der Waals surface area contributed by atoms with E-state index in [0.29, 0.717) is 0 Å². The van der Waals surface area contributed by atoms with Crippen molar-refractivity contribution in [2.45, 2.75) is 11.5 Å². The van der Waals surface area contributed by atoms with Crippen molar-refractivity contribution < 1.29 is 21.9 Å². The van der Waals surface area contributed by atoms with E-state index >= 15 is 0 Å². The van der Waals surface area contributed by atoms with Gasteiger partial charge in [0.1, 0.15) is 10.6 Å². The summed E-state index contributed by atoms with van der Waals surface area (Å²) in [6.07, 6.45) is 0. The summed E-state index contributed by atoms with van der Waals surface area (Å²) in [6, 6.07) is 2.06. The molecule has 0 saturated heterocycles. The molecule has 3 nitrogen and oxygen atoms in total. The summed E-state index contributed by atoms with van der Waals surface area (Å²) in [5.74, 6) is -0.653. The second kappa shape index (κ2) is 4.91. The van der Waals surface area contributed by atoms with Crippen molar-refractivity contribution in [3.63, 3.8) is 0 Å². The zero-order chi connectivity index (χ0) is 12.5. The molecule has 0 atom stereocenters. The largest absolute Gasteiger partial charge is 0.433 e. The summed E-state index contributed by atoms with van der Waals surface area (Å²) < 4.78 is 50.1. The molecule has 0 aliphatic carbocycles. The van der Waals surface area contributed by atoms with Gasteiger partial charge in [-0.15, -0.1) is 0 Å². The van der Waals surface area contributed by atoms with Crippen LogP contribution in [0.4, 0.5) is 8.78 Å². The third-order valence-corrected chi connectivity index (χ3v) is 3.75. The van der Waals surface area contributed by atoms with Gasteiger partial charge in [-0.05, 0) is 12.1 Å². The number of hydrogen-bond donors (Lipinski definition) is 0. The maximum Gasteiger partial charge on any atom is 0.387 e. The highest BCUT2D eigenvalue weighted by Crippen LogP contribution is 2.38. The first-order chi connectivity index (χ1) is 7.23. The van der Waals surface area contributed by atoms with Crippen molar-refractivity contribution in [3.05, 3.63) is 22.2 Å². The van der Waals surface area contributed by atoms with Crippen LogP contribution in [0.3, 0.4) is 0 Å². The van der Waals surface area contributed by atoms with Crippen LogP contribution in [0.2, 0.25) is 10.0 Å². The molecule has 0 N–H and O–H groups in total. The lowest BCUT2D eigenvalue weighted by atomic mass is 10.3. The van der Waals surface area contributed by atoms with Crippen LogP contribution >= 0.6 is 33.9 Å². The summed E-state index contributed by atoms with van der Waals surface area (Å²) in [4.78, 5) is -0.774. The van der Waals surface area contributed by atoms with Crippen molar-refractivity contribution in [3.8, 4) is 5.75 Å². The monoisotopic (exact) mass is 310 g/mol. The Morgan fingerprint density at radius 1 is 1.25 bits per heavy atom. The molecule has 1 aromatic carbocycles. The van der Waals surface area contributed by atoms with Gasteiger partial charge >= 0.3 is 6.61 Å². The van der Waals surface area contributed by atoms with E-state index in [9.17, 15) is 17.2 Å². The highest BCUT2D eigenvalue weighted by atomic mass is 35.7. The van der Waals surface area contributed by atoms with Gasteiger partial charge in [-0.1, -0.05) is 23.2 Å². The van der Waals surface area contributed by atoms with Crippen LogP contribution in [0.1, 0.15) is 0 Å². The van der Waals surface area contributed by atoms with Crippen molar-refractivity contribution in [2.24, 2.45) is 0 Å².